The summed E-state index contributed by atoms with van der Waals surface area (Å²) in [5.41, 5.74) is 2.92. The second kappa shape index (κ2) is 9.27. The van der Waals surface area contributed by atoms with Crippen LogP contribution < -0.4 is 20.5 Å². The Labute approximate surface area is 180 Å². The van der Waals surface area contributed by atoms with Crippen molar-refractivity contribution in [2.75, 3.05) is 24.8 Å². The van der Waals surface area contributed by atoms with Gasteiger partial charge in [0.2, 0.25) is 16.0 Å². The zero-order valence-corrected chi connectivity index (χ0v) is 18.3. The lowest BCUT2D eigenvalue weighted by molar-refractivity contribution is 0.386. The van der Waals surface area contributed by atoms with Crippen LogP contribution in [0.5, 0.6) is 5.75 Å². The van der Waals surface area contributed by atoms with Gasteiger partial charge in [0.25, 0.3) is 0 Å². The van der Waals surface area contributed by atoms with Crippen LogP contribution in [0.1, 0.15) is 18.9 Å². The number of primary sulfonamides is 1. The number of anilines is 3. The third kappa shape index (κ3) is 4.92. The molecule has 0 aliphatic heterocycles. The van der Waals surface area contributed by atoms with Gasteiger partial charge in [0.15, 0.2) is 11.6 Å². The summed E-state index contributed by atoms with van der Waals surface area (Å²) in [4.78, 5) is 8.73. The smallest absolute Gasteiger partial charge is 0.240 e. The minimum atomic E-state index is -3.90. The highest BCUT2D eigenvalue weighted by Crippen LogP contribution is 2.33. The molecule has 0 spiro atoms. The molecule has 10 heteroatoms. The van der Waals surface area contributed by atoms with Crippen molar-refractivity contribution in [1.82, 2.24) is 9.97 Å². The number of benzene rings is 2. The first kappa shape index (κ1) is 22.4. The summed E-state index contributed by atoms with van der Waals surface area (Å²) in [6.45, 7) is 1.99. The molecule has 0 unspecified atom stereocenters. The van der Waals surface area contributed by atoms with Crippen molar-refractivity contribution in [2.45, 2.75) is 24.7 Å². The van der Waals surface area contributed by atoms with E-state index in [1.54, 1.807) is 31.4 Å². The van der Waals surface area contributed by atoms with Gasteiger partial charge < -0.3 is 15.4 Å². The third-order valence-electron chi connectivity index (χ3n) is 4.68. The molecule has 0 radical (unpaired) electrons. The summed E-state index contributed by atoms with van der Waals surface area (Å²) in [6, 6.07) is 9.32. The van der Waals surface area contributed by atoms with E-state index in [-0.39, 0.29) is 16.6 Å². The highest BCUT2D eigenvalue weighted by molar-refractivity contribution is 7.89. The number of aromatic nitrogens is 2. The molecule has 164 valence electrons. The van der Waals surface area contributed by atoms with E-state index in [0.717, 1.165) is 12.0 Å². The highest BCUT2D eigenvalue weighted by Gasteiger charge is 2.19. The Balaban J connectivity index is 2.01. The van der Waals surface area contributed by atoms with Crippen LogP contribution in [0.25, 0.3) is 11.3 Å². The van der Waals surface area contributed by atoms with E-state index < -0.39 is 15.8 Å². The molecule has 8 nitrogen and oxygen atoms in total. The summed E-state index contributed by atoms with van der Waals surface area (Å²) in [7, 11) is -0.853. The summed E-state index contributed by atoms with van der Waals surface area (Å²) in [5, 5.41) is 11.4. The van der Waals surface area contributed by atoms with Crippen molar-refractivity contribution in [2.24, 2.45) is 5.14 Å². The minimum Gasteiger partial charge on any atom is -0.494 e. The second-order valence-electron chi connectivity index (χ2n) is 6.75. The van der Waals surface area contributed by atoms with Crippen LogP contribution in [0, 0.1) is 5.82 Å². The number of hydrogen-bond donors (Lipinski definition) is 3. The molecular formula is C21H24FN5O3S. The van der Waals surface area contributed by atoms with Crippen molar-refractivity contribution in [3.05, 3.63) is 54.0 Å². The number of nitrogens with zero attached hydrogens (tertiary/aromatic N) is 2. The molecule has 1 heterocycles. The molecule has 0 fully saturated rings. The molecule has 2 aromatic carbocycles. The maximum Gasteiger partial charge on any atom is 0.240 e. The van der Waals surface area contributed by atoms with Crippen LogP contribution in [0.15, 0.2) is 47.5 Å². The number of nitrogens with two attached hydrogens (primary N) is 1. The number of hydrogen-bond acceptors (Lipinski definition) is 7. The first-order valence-electron chi connectivity index (χ1n) is 9.58. The molecule has 4 N–H and O–H groups in total. The fraction of sp³-hybridized carbons (Fsp3) is 0.238. The Bertz CT molecular complexity index is 1200. The van der Waals surface area contributed by atoms with Gasteiger partial charge >= 0.3 is 0 Å². The van der Waals surface area contributed by atoms with Gasteiger partial charge in [-0.1, -0.05) is 13.3 Å². The van der Waals surface area contributed by atoms with Gasteiger partial charge in [-0.15, -0.1) is 0 Å². The lowest BCUT2D eigenvalue weighted by atomic mass is 10.1. The summed E-state index contributed by atoms with van der Waals surface area (Å²) in [5.74, 6) is -0.0537. The molecule has 0 amide bonds. The maximum absolute atomic E-state index is 14.1. The van der Waals surface area contributed by atoms with E-state index in [2.05, 4.69) is 20.6 Å². The number of nitrogens with one attached hydrogen (secondary N) is 2. The Morgan fingerprint density at radius 1 is 1.19 bits per heavy atom. The van der Waals surface area contributed by atoms with Gasteiger partial charge in [0.1, 0.15) is 4.90 Å². The Morgan fingerprint density at radius 2 is 1.97 bits per heavy atom. The zero-order valence-electron chi connectivity index (χ0n) is 17.4. The lowest BCUT2D eigenvalue weighted by Crippen LogP contribution is -2.16. The predicted octanol–water partition coefficient (Wildman–Crippen LogP) is 3.68. The average Bonchev–Trinajstić information content (AvgIpc) is 2.74. The summed E-state index contributed by atoms with van der Waals surface area (Å²) < 4.78 is 43.0. The number of methoxy groups -OCH3 is 1. The molecule has 0 bridgehead atoms. The second-order valence-corrected chi connectivity index (χ2v) is 8.28. The number of rotatable bonds is 8. The molecule has 0 aliphatic rings. The molecule has 0 saturated heterocycles. The molecular weight excluding hydrogens is 421 g/mol. The molecule has 3 rings (SSSR count). The first-order chi connectivity index (χ1) is 14.8. The number of ether oxygens (including phenoxy) is 1. The van der Waals surface area contributed by atoms with Gasteiger partial charge in [0, 0.05) is 30.1 Å². The molecule has 0 saturated carbocycles. The van der Waals surface area contributed by atoms with E-state index >= 15 is 0 Å². The molecule has 0 atom stereocenters. The van der Waals surface area contributed by atoms with Gasteiger partial charge in [-0.2, -0.15) is 0 Å². The topological polar surface area (TPSA) is 119 Å². The van der Waals surface area contributed by atoms with E-state index in [0.29, 0.717) is 29.1 Å². The van der Waals surface area contributed by atoms with Crippen molar-refractivity contribution in [3.63, 3.8) is 0 Å². The maximum atomic E-state index is 14.1. The molecule has 1 aromatic heterocycles. The van der Waals surface area contributed by atoms with Crippen molar-refractivity contribution in [3.8, 4) is 17.0 Å². The van der Waals surface area contributed by atoms with E-state index in [4.69, 9.17) is 9.88 Å². The van der Waals surface area contributed by atoms with Crippen LogP contribution in [0.2, 0.25) is 0 Å². The fourth-order valence-electron chi connectivity index (χ4n) is 3.29. The van der Waals surface area contributed by atoms with Crippen LogP contribution >= 0.6 is 0 Å². The predicted molar refractivity (Wildman–Crippen MR) is 119 cm³/mol. The Kier molecular flexibility index (Phi) is 6.71. The third-order valence-corrected chi connectivity index (χ3v) is 5.63. The number of halogens is 1. The molecule has 3 aromatic rings. The monoisotopic (exact) mass is 445 g/mol. The fourth-order valence-corrected chi connectivity index (χ4v) is 4.06. The quantitative estimate of drug-likeness (QED) is 0.484. The lowest BCUT2D eigenvalue weighted by Gasteiger charge is -2.18. The van der Waals surface area contributed by atoms with Gasteiger partial charge in [-0.05, 0) is 42.8 Å². The van der Waals surface area contributed by atoms with E-state index in [1.807, 2.05) is 6.92 Å². The Hall–Kier alpha value is -3.24. The van der Waals surface area contributed by atoms with Crippen molar-refractivity contribution < 1.29 is 17.5 Å². The van der Waals surface area contributed by atoms with Crippen LogP contribution in [-0.4, -0.2) is 32.5 Å². The van der Waals surface area contributed by atoms with Crippen LogP contribution in [0.3, 0.4) is 0 Å². The molecule has 31 heavy (non-hydrogen) atoms. The van der Waals surface area contributed by atoms with Gasteiger partial charge in [0.05, 0.1) is 18.5 Å². The molecule has 0 aliphatic carbocycles. The summed E-state index contributed by atoms with van der Waals surface area (Å²) >= 11 is 0. The van der Waals surface area contributed by atoms with Crippen molar-refractivity contribution in [1.29, 1.82) is 0 Å². The standard InChI is InChI=1S/C21H24FN5O3S/c1-4-5-14-17(7-9-19(20(14)24-2)31(23,28)29)27-21-25-11-10-16(26-21)13-6-8-18(30-3)15(22)12-13/h6-12,24H,4-5H2,1-3H3,(H2,23,28,29)(H,25,26,27). The van der Waals surface area contributed by atoms with E-state index in [1.165, 1.54) is 25.3 Å². The van der Waals surface area contributed by atoms with Crippen LogP contribution in [0.4, 0.5) is 21.7 Å². The minimum absolute atomic E-state index is 0.0207. The first-order valence-corrected chi connectivity index (χ1v) is 11.1. The van der Waals surface area contributed by atoms with Gasteiger partial charge in [-0.3, -0.25) is 0 Å². The van der Waals surface area contributed by atoms with Gasteiger partial charge in [-0.25, -0.2) is 27.9 Å². The van der Waals surface area contributed by atoms with Crippen molar-refractivity contribution >= 4 is 27.3 Å². The van der Waals surface area contributed by atoms with Crippen LogP contribution in [-0.2, 0) is 16.4 Å². The zero-order chi connectivity index (χ0) is 22.6. The highest BCUT2D eigenvalue weighted by atomic mass is 32.2. The SMILES string of the molecule is CCCc1c(Nc2nccc(-c3ccc(OC)c(F)c3)n2)ccc(S(N)(=O)=O)c1NC. The summed E-state index contributed by atoms with van der Waals surface area (Å²) in [6.07, 6.45) is 2.94. The number of sulfonamides is 1. The Morgan fingerprint density at radius 3 is 2.58 bits per heavy atom. The average molecular weight is 446 g/mol. The largest absolute Gasteiger partial charge is 0.494 e. The normalized spacial score (nSPS) is 11.3. The van der Waals surface area contributed by atoms with E-state index in [9.17, 15) is 12.8 Å².